The van der Waals surface area contributed by atoms with Crippen molar-refractivity contribution < 1.29 is 21.2 Å². The Kier molecular flexibility index (Phi) is 7.33. The van der Waals surface area contributed by atoms with Gasteiger partial charge >= 0.3 is 0 Å². The van der Waals surface area contributed by atoms with E-state index in [1.54, 1.807) is 30.1 Å². The highest BCUT2D eigenvalue weighted by molar-refractivity contribution is 7.92. The minimum Gasteiger partial charge on any atom is -0.369 e. The minimum absolute atomic E-state index is 0.00569. The Balaban J connectivity index is 1.51. The molecule has 1 N–H and O–H groups in total. The lowest BCUT2D eigenvalue weighted by Crippen LogP contribution is -2.33. The third-order valence-corrected chi connectivity index (χ3v) is 9.61. The maximum atomic E-state index is 14.3. The molecular weight excluding hydrogens is 529 g/mol. The second-order valence-electron chi connectivity index (χ2n) is 8.83. The molecule has 1 aliphatic rings. The summed E-state index contributed by atoms with van der Waals surface area (Å²) in [6, 6.07) is 9.63. The fraction of sp³-hybridized carbons (Fsp3) is 0.348. The monoisotopic (exact) mass is 555 g/mol. The Hall–Kier alpha value is -2.67. The number of piperidine rings is 1. The molecule has 0 bridgehead atoms. The topological polar surface area (TPSA) is 105 Å². The van der Waals surface area contributed by atoms with Crippen molar-refractivity contribution in [2.24, 2.45) is 7.05 Å². The highest BCUT2D eigenvalue weighted by Crippen LogP contribution is 2.35. The van der Waals surface area contributed by atoms with Crippen molar-refractivity contribution in [1.29, 1.82) is 0 Å². The van der Waals surface area contributed by atoms with E-state index in [2.05, 4.69) is 9.82 Å². The number of aromatic nitrogens is 2. The molecule has 13 heteroatoms. The molecule has 1 aromatic heterocycles. The van der Waals surface area contributed by atoms with Crippen LogP contribution in [0.2, 0.25) is 5.02 Å². The van der Waals surface area contributed by atoms with Crippen LogP contribution in [-0.2, 0) is 27.1 Å². The molecule has 1 saturated heterocycles. The molecular formula is C23H27ClFN5O4S2. The average molecular weight is 556 g/mol. The maximum Gasteiger partial charge on any atom is 0.263 e. The first kappa shape index (κ1) is 26.4. The zero-order chi connectivity index (χ0) is 26.3. The van der Waals surface area contributed by atoms with Gasteiger partial charge in [0.25, 0.3) is 10.0 Å². The number of nitrogens with zero attached hydrogens (tertiary/aromatic N) is 4. The van der Waals surface area contributed by atoms with Crippen molar-refractivity contribution in [3.8, 4) is 0 Å². The van der Waals surface area contributed by atoms with Gasteiger partial charge in [0.1, 0.15) is 5.82 Å². The molecule has 2 aromatic carbocycles. The van der Waals surface area contributed by atoms with Crippen molar-refractivity contribution in [2.75, 3.05) is 36.8 Å². The van der Waals surface area contributed by atoms with Gasteiger partial charge in [0.2, 0.25) is 10.0 Å². The van der Waals surface area contributed by atoms with E-state index >= 15 is 0 Å². The average Bonchev–Trinajstić information content (AvgIpc) is 3.18. The fourth-order valence-corrected chi connectivity index (χ4v) is 6.33. The van der Waals surface area contributed by atoms with Crippen LogP contribution >= 0.6 is 11.6 Å². The van der Waals surface area contributed by atoms with E-state index in [0.717, 1.165) is 9.87 Å². The molecule has 0 radical (unpaired) electrons. The lowest BCUT2D eigenvalue weighted by molar-refractivity contribution is 0.498. The predicted octanol–water partition coefficient (Wildman–Crippen LogP) is 3.65. The van der Waals surface area contributed by atoms with Crippen LogP contribution in [0.1, 0.15) is 24.3 Å². The molecule has 0 aliphatic carbocycles. The third-order valence-electron chi connectivity index (χ3n) is 6.19. The standard InChI is InChI=1S/C23H27ClFN5O4S2/c1-28(2)36(33,34)19-7-5-18(6-8-19)35(31,32)27-23-20(15-29(3)26-23)16-10-12-30(13-11-16)22-9-4-17(24)14-21(22)25/h4-9,14-16H,10-13H2,1-3H3,(H,26,27). The maximum absolute atomic E-state index is 14.3. The summed E-state index contributed by atoms with van der Waals surface area (Å²) in [6.45, 7) is 1.18. The van der Waals surface area contributed by atoms with Gasteiger partial charge in [0.05, 0.1) is 15.5 Å². The number of sulfonamides is 2. The van der Waals surface area contributed by atoms with E-state index in [4.69, 9.17) is 11.6 Å². The number of halogens is 2. The predicted molar refractivity (Wildman–Crippen MR) is 137 cm³/mol. The van der Waals surface area contributed by atoms with Crippen molar-refractivity contribution in [3.05, 3.63) is 65.1 Å². The summed E-state index contributed by atoms with van der Waals surface area (Å²) in [5.74, 6) is -0.130. The normalized spacial score (nSPS) is 15.4. The summed E-state index contributed by atoms with van der Waals surface area (Å²) in [6.07, 6.45) is 3.15. The summed E-state index contributed by atoms with van der Waals surface area (Å²) < 4.78 is 70.2. The number of hydrogen-bond acceptors (Lipinski definition) is 6. The lowest BCUT2D eigenvalue weighted by Gasteiger charge is -2.33. The first-order valence-electron chi connectivity index (χ1n) is 11.2. The Morgan fingerprint density at radius 1 is 1.03 bits per heavy atom. The van der Waals surface area contributed by atoms with Gasteiger partial charge in [-0.05, 0) is 61.2 Å². The van der Waals surface area contributed by atoms with Crippen LogP contribution < -0.4 is 9.62 Å². The van der Waals surface area contributed by atoms with E-state index in [9.17, 15) is 21.2 Å². The SMILES string of the molecule is CN(C)S(=O)(=O)c1ccc(S(=O)(=O)Nc2nn(C)cc2C2CCN(c3ccc(Cl)cc3F)CC2)cc1. The Bertz CT molecular complexity index is 1470. The quantitative estimate of drug-likeness (QED) is 0.477. The molecule has 4 rings (SSSR count). The molecule has 36 heavy (non-hydrogen) atoms. The minimum atomic E-state index is -4.01. The Morgan fingerprint density at radius 2 is 1.64 bits per heavy atom. The third kappa shape index (κ3) is 5.36. The van der Waals surface area contributed by atoms with Gasteiger partial charge in [-0.3, -0.25) is 9.40 Å². The Morgan fingerprint density at radius 3 is 2.22 bits per heavy atom. The second-order valence-corrected chi connectivity index (χ2v) is 13.1. The number of nitrogens with one attached hydrogen (secondary N) is 1. The summed E-state index contributed by atoms with van der Waals surface area (Å²) in [5, 5.41) is 4.65. The van der Waals surface area contributed by atoms with Crippen LogP contribution in [0, 0.1) is 5.82 Å². The highest BCUT2D eigenvalue weighted by Gasteiger charge is 2.28. The zero-order valence-electron chi connectivity index (χ0n) is 20.0. The molecule has 0 spiro atoms. The summed E-state index contributed by atoms with van der Waals surface area (Å²) in [4.78, 5) is 1.87. The first-order chi connectivity index (χ1) is 16.9. The molecule has 3 aromatic rings. The zero-order valence-corrected chi connectivity index (χ0v) is 22.4. The fourth-order valence-electron chi connectivity index (χ4n) is 4.24. The summed E-state index contributed by atoms with van der Waals surface area (Å²) >= 11 is 5.86. The van der Waals surface area contributed by atoms with Crippen LogP contribution in [0.3, 0.4) is 0 Å². The highest BCUT2D eigenvalue weighted by atomic mass is 35.5. The van der Waals surface area contributed by atoms with Crippen LogP contribution in [-0.4, -0.2) is 58.1 Å². The molecule has 0 amide bonds. The number of benzene rings is 2. The van der Waals surface area contributed by atoms with Gasteiger partial charge in [-0.2, -0.15) is 5.10 Å². The van der Waals surface area contributed by atoms with Crippen molar-refractivity contribution in [2.45, 2.75) is 28.6 Å². The van der Waals surface area contributed by atoms with Crippen LogP contribution in [0.5, 0.6) is 0 Å². The van der Waals surface area contributed by atoms with Gasteiger partial charge in [-0.25, -0.2) is 25.5 Å². The van der Waals surface area contributed by atoms with Gasteiger partial charge in [0.15, 0.2) is 5.82 Å². The first-order valence-corrected chi connectivity index (χ1v) is 14.5. The number of aryl methyl sites for hydroxylation is 1. The van der Waals surface area contributed by atoms with Gasteiger partial charge in [-0.15, -0.1) is 0 Å². The van der Waals surface area contributed by atoms with Crippen molar-refractivity contribution >= 4 is 43.2 Å². The van der Waals surface area contributed by atoms with E-state index in [-0.39, 0.29) is 27.3 Å². The molecule has 9 nitrogen and oxygen atoms in total. The molecule has 0 atom stereocenters. The molecule has 0 saturated carbocycles. The van der Waals surface area contributed by atoms with Gasteiger partial charge in [0, 0.05) is 51.0 Å². The Labute approximate surface area is 215 Å². The molecule has 1 fully saturated rings. The molecule has 1 aliphatic heterocycles. The van der Waals surface area contributed by atoms with E-state index in [1.165, 1.54) is 44.4 Å². The van der Waals surface area contributed by atoms with Gasteiger partial charge < -0.3 is 4.90 Å². The van der Waals surface area contributed by atoms with Gasteiger partial charge in [-0.1, -0.05) is 11.6 Å². The van der Waals surface area contributed by atoms with Crippen LogP contribution in [0.25, 0.3) is 0 Å². The largest absolute Gasteiger partial charge is 0.369 e. The van der Waals surface area contributed by atoms with E-state index < -0.39 is 20.0 Å². The van der Waals surface area contributed by atoms with Crippen LogP contribution in [0.4, 0.5) is 15.9 Å². The molecule has 0 unspecified atom stereocenters. The van der Waals surface area contributed by atoms with Crippen LogP contribution in [0.15, 0.2) is 58.5 Å². The van der Waals surface area contributed by atoms with Crippen molar-refractivity contribution in [1.82, 2.24) is 14.1 Å². The lowest BCUT2D eigenvalue weighted by atomic mass is 9.90. The smallest absolute Gasteiger partial charge is 0.263 e. The summed E-state index contributed by atoms with van der Waals surface area (Å²) in [5.41, 5.74) is 1.24. The number of anilines is 2. The van der Waals surface area contributed by atoms with E-state index in [1.807, 2.05) is 4.90 Å². The second kappa shape index (κ2) is 10.0. The van der Waals surface area contributed by atoms with Crippen molar-refractivity contribution in [3.63, 3.8) is 0 Å². The number of hydrogen-bond donors (Lipinski definition) is 1. The molecule has 2 heterocycles. The van der Waals surface area contributed by atoms with E-state index in [0.29, 0.717) is 36.6 Å². The summed E-state index contributed by atoms with van der Waals surface area (Å²) in [7, 11) is -3.18. The molecule has 194 valence electrons. The number of rotatable bonds is 7.